The van der Waals surface area contributed by atoms with Gasteiger partial charge in [0, 0.05) is 3.57 Å². The van der Waals surface area contributed by atoms with Crippen LogP contribution in [0.4, 0.5) is 8.78 Å². The Balaban J connectivity index is 2.47. The molecule has 4 heteroatoms. The number of rotatable bonds is 2. The second kappa shape index (κ2) is 5.54. The quantitative estimate of drug-likeness (QED) is 0.784. The van der Waals surface area contributed by atoms with E-state index in [0.29, 0.717) is 11.1 Å². The van der Waals surface area contributed by atoms with Crippen LogP contribution in [0.2, 0.25) is 0 Å². The topological polar surface area (TPSA) is 26.0 Å². The molecule has 0 aliphatic carbocycles. The van der Waals surface area contributed by atoms with E-state index in [0.717, 1.165) is 14.7 Å². The Kier molecular flexibility index (Phi) is 4.20. The van der Waals surface area contributed by atoms with Crippen molar-refractivity contribution in [2.45, 2.75) is 19.9 Å². The zero-order valence-electron chi connectivity index (χ0n) is 10.7. The predicted octanol–water partition coefficient (Wildman–Crippen LogP) is 4.23. The summed E-state index contributed by atoms with van der Waals surface area (Å²) in [6, 6.07) is 7.61. The molecule has 0 amide bonds. The first-order chi connectivity index (χ1) is 8.90. The largest absolute Gasteiger partial charge is 0.320 e. The first-order valence-corrected chi connectivity index (χ1v) is 6.95. The maximum Gasteiger partial charge on any atom is 0.129 e. The van der Waals surface area contributed by atoms with E-state index in [1.165, 1.54) is 12.1 Å². The van der Waals surface area contributed by atoms with Gasteiger partial charge in [0.25, 0.3) is 0 Å². The molecule has 0 fully saturated rings. The van der Waals surface area contributed by atoms with Crippen molar-refractivity contribution in [3.05, 3.63) is 67.8 Å². The minimum Gasteiger partial charge on any atom is -0.320 e. The Hall–Kier alpha value is -1.01. The molecule has 1 atom stereocenters. The Morgan fingerprint density at radius 2 is 1.63 bits per heavy atom. The van der Waals surface area contributed by atoms with Gasteiger partial charge in [0.15, 0.2) is 0 Å². The van der Waals surface area contributed by atoms with Crippen molar-refractivity contribution in [3.8, 4) is 0 Å². The molecule has 1 nitrogen and oxygen atoms in total. The van der Waals surface area contributed by atoms with Crippen molar-refractivity contribution in [3.63, 3.8) is 0 Å². The van der Waals surface area contributed by atoms with Gasteiger partial charge in [-0.2, -0.15) is 0 Å². The molecular weight excluding hydrogens is 359 g/mol. The van der Waals surface area contributed by atoms with E-state index in [1.54, 1.807) is 32.0 Å². The van der Waals surface area contributed by atoms with Crippen molar-refractivity contribution in [1.82, 2.24) is 0 Å². The second-order valence-electron chi connectivity index (χ2n) is 4.61. The summed E-state index contributed by atoms with van der Waals surface area (Å²) in [7, 11) is 0. The van der Waals surface area contributed by atoms with Crippen LogP contribution in [0, 0.1) is 29.1 Å². The lowest BCUT2D eigenvalue weighted by Crippen LogP contribution is -2.14. The Bertz CT molecular complexity index is 603. The monoisotopic (exact) mass is 373 g/mol. The first kappa shape index (κ1) is 14.4. The molecule has 0 aliphatic heterocycles. The van der Waals surface area contributed by atoms with Crippen molar-refractivity contribution in [2.24, 2.45) is 5.73 Å². The van der Waals surface area contributed by atoms with Gasteiger partial charge in [0.05, 0.1) is 6.04 Å². The summed E-state index contributed by atoms with van der Waals surface area (Å²) in [6.07, 6.45) is 0. The highest BCUT2D eigenvalue weighted by Crippen LogP contribution is 2.27. The number of halogens is 3. The van der Waals surface area contributed by atoms with Crippen LogP contribution in [0.5, 0.6) is 0 Å². The summed E-state index contributed by atoms with van der Waals surface area (Å²) in [6.45, 7) is 3.43. The average molecular weight is 373 g/mol. The van der Waals surface area contributed by atoms with Crippen LogP contribution in [-0.2, 0) is 0 Å². The van der Waals surface area contributed by atoms with Crippen LogP contribution in [0.25, 0.3) is 0 Å². The van der Waals surface area contributed by atoms with E-state index in [9.17, 15) is 8.78 Å². The molecule has 1 unspecified atom stereocenters. The molecule has 2 aromatic rings. The van der Waals surface area contributed by atoms with Gasteiger partial charge in [0.1, 0.15) is 11.6 Å². The van der Waals surface area contributed by atoms with Gasteiger partial charge >= 0.3 is 0 Å². The average Bonchev–Trinajstić information content (AvgIpc) is 2.34. The third-order valence-corrected chi connectivity index (χ3v) is 4.05. The van der Waals surface area contributed by atoms with Crippen molar-refractivity contribution in [2.75, 3.05) is 0 Å². The van der Waals surface area contributed by atoms with Gasteiger partial charge in [-0.25, -0.2) is 8.78 Å². The zero-order valence-corrected chi connectivity index (χ0v) is 12.8. The fraction of sp³-hybridized carbons (Fsp3) is 0.200. The Morgan fingerprint density at radius 1 is 1.05 bits per heavy atom. The van der Waals surface area contributed by atoms with Crippen LogP contribution in [0.1, 0.15) is 28.3 Å². The predicted molar refractivity (Wildman–Crippen MR) is 81.0 cm³/mol. The van der Waals surface area contributed by atoms with Crippen molar-refractivity contribution < 1.29 is 8.78 Å². The minimum atomic E-state index is -0.384. The van der Waals surface area contributed by atoms with Gasteiger partial charge in [-0.15, -0.1) is 0 Å². The van der Waals surface area contributed by atoms with Crippen LogP contribution < -0.4 is 5.73 Å². The number of hydrogen-bond acceptors (Lipinski definition) is 1. The van der Waals surface area contributed by atoms with Crippen LogP contribution in [0.15, 0.2) is 30.3 Å². The standard InChI is InChI=1S/C15H14F2IN/c1-8-5-10(6-9(2)14(8)17)15(19)12-4-3-11(16)7-13(12)18/h3-7,15H,19H2,1-2H3. The van der Waals surface area contributed by atoms with Gasteiger partial charge in [-0.05, 0) is 70.8 Å². The zero-order chi connectivity index (χ0) is 14.2. The van der Waals surface area contributed by atoms with Crippen molar-refractivity contribution in [1.29, 1.82) is 0 Å². The second-order valence-corrected chi connectivity index (χ2v) is 5.77. The van der Waals surface area contributed by atoms with Crippen molar-refractivity contribution >= 4 is 22.6 Å². The van der Waals surface area contributed by atoms with Crippen LogP contribution in [0.3, 0.4) is 0 Å². The summed E-state index contributed by atoms with van der Waals surface area (Å²) in [5, 5.41) is 0. The Labute approximate surface area is 125 Å². The normalized spacial score (nSPS) is 12.5. The molecule has 0 aliphatic rings. The molecule has 0 saturated heterocycles. The SMILES string of the molecule is Cc1cc(C(N)c2ccc(F)cc2I)cc(C)c1F. The smallest absolute Gasteiger partial charge is 0.129 e. The van der Waals surface area contributed by atoms with Gasteiger partial charge in [-0.3, -0.25) is 0 Å². The molecule has 2 rings (SSSR count). The van der Waals surface area contributed by atoms with E-state index >= 15 is 0 Å². The summed E-state index contributed by atoms with van der Waals surface area (Å²) >= 11 is 2.06. The fourth-order valence-corrected chi connectivity index (χ4v) is 2.91. The highest BCUT2D eigenvalue weighted by molar-refractivity contribution is 14.1. The summed E-state index contributed by atoms with van der Waals surface area (Å²) in [5.41, 5.74) is 9.02. The third-order valence-electron chi connectivity index (χ3n) is 3.12. The van der Waals surface area contributed by atoms with Crippen LogP contribution >= 0.6 is 22.6 Å². The lowest BCUT2D eigenvalue weighted by molar-refractivity contribution is 0.607. The third kappa shape index (κ3) is 2.95. The molecule has 0 aromatic heterocycles. The lowest BCUT2D eigenvalue weighted by atomic mass is 9.96. The molecule has 0 spiro atoms. The van der Waals surface area contributed by atoms with Gasteiger partial charge in [0.2, 0.25) is 0 Å². The maximum absolute atomic E-state index is 13.6. The Morgan fingerprint density at radius 3 is 2.16 bits per heavy atom. The lowest BCUT2D eigenvalue weighted by Gasteiger charge is -2.16. The molecule has 100 valence electrons. The van der Waals surface area contributed by atoms with E-state index in [1.807, 2.05) is 0 Å². The van der Waals surface area contributed by atoms with E-state index in [2.05, 4.69) is 22.6 Å². The molecule has 2 N–H and O–H groups in total. The summed E-state index contributed by atoms with van der Waals surface area (Å²) < 4.78 is 27.5. The van der Waals surface area contributed by atoms with E-state index in [-0.39, 0.29) is 17.7 Å². The minimum absolute atomic E-state index is 0.204. The summed E-state index contributed by atoms with van der Waals surface area (Å²) in [5.74, 6) is -0.489. The number of nitrogens with two attached hydrogens (primary N) is 1. The van der Waals surface area contributed by atoms with Gasteiger partial charge in [-0.1, -0.05) is 18.2 Å². The molecule has 0 radical (unpaired) electrons. The number of benzene rings is 2. The van der Waals surface area contributed by atoms with E-state index in [4.69, 9.17) is 5.73 Å². The highest BCUT2D eigenvalue weighted by atomic mass is 127. The maximum atomic E-state index is 13.6. The van der Waals surface area contributed by atoms with E-state index < -0.39 is 0 Å². The molecular formula is C15H14F2IN. The molecule has 2 aromatic carbocycles. The number of aryl methyl sites for hydroxylation is 2. The molecule has 0 bridgehead atoms. The molecule has 0 saturated carbocycles. The molecule has 19 heavy (non-hydrogen) atoms. The van der Waals surface area contributed by atoms with Crippen LogP contribution in [-0.4, -0.2) is 0 Å². The first-order valence-electron chi connectivity index (χ1n) is 5.87. The summed E-state index contributed by atoms with van der Waals surface area (Å²) in [4.78, 5) is 0. The molecule has 0 heterocycles. The fourth-order valence-electron chi connectivity index (χ4n) is 2.09. The highest BCUT2D eigenvalue weighted by Gasteiger charge is 2.15. The number of hydrogen-bond donors (Lipinski definition) is 1. The van der Waals surface area contributed by atoms with Gasteiger partial charge < -0.3 is 5.73 Å².